The predicted octanol–water partition coefficient (Wildman–Crippen LogP) is 2.42. The van der Waals surface area contributed by atoms with E-state index in [-0.39, 0.29) is 11.7 Å². The number of piperidine rings is 1. The van der Waals surface area contributed by atoms with Crippen LogP contribution in [0.25, 0.3) is 11.0 Å². The Morgan fingerprint density at radius 3 is 2.52 bits per heavy atom. The van der Waals surface area contributed by atoms with Gasteiger partial charge in [0.2, 0.25) is 0 Å². The Hall–Kier alpha value is -1.92. The van der Waals surface area contributed by atoms with Crippen molar-refractivity contribution in [1.82, 2.24) is 14.7 Å². The zero-order valence-electron chi connectivity index (χ0n) is 14.6. The number of carbonyl (C=O) groups excluding carboxylic acids is 1. The molecule has 2 aliphatic heterocycles. The molecule has 3 heterocycles. The van der Waals surface area contributed by atoms with Crippen LogP contribution in [-0.4, -0.2) is 73.0 Å². The van der Waals surface area contributed by atoms with E-state index in [9.17, 15) is 9.18 Å². The van der Waals surface area contributed by atoms with Gasteiger partial charge in [0.15, 0.2) is 5.76 Å². The summed E-state index contributed by atoms with van der Waals surface area (Å²) >= 11 is 0. The first-order valence-corrected chi connectivity index (χ1v) is 9.01. The van der Waals surface area contributed by atoms with Crippen molar-refractivity contribution in [2.24, 2.45) is 0 Å². The van der Waals surface area contributed by atoms with E-state index in [4.69, 9.17) is 4.42 Å². The van der Waals surface area contributed by atoms with E-state index in [0.29, 0.717) is 22.8 Å². The van der Waals surface area contributed by atoms with Crippen LogP contribution in [0.3, 0.4) is 0 Å². The molecule has 2 aliphatic rings. The van der Waals surface area contributed by atoms with E-state index in [1.54, 1.807) is 12.1 Å². The zero-order valence-corrected chi connectivity index (χ0v) is 14.6. The summed E-state index contributed by atoms with van der Waals surface area (Å²) in [6, 6.07) is 6.60. The minimum atomic E-state index is -0.320. The highest BCUT2D eigenvalue weighted by atomic mass is 19.1. The molecule has 0 N–H and O–H groups in total. The van der Waals surface area contributed by atoms with Gasteiger partial charge >= 0.3 is 0 Å². The molecule has 0 spiro atoms. The van der Waals surface area contributed by atoms with Crippen molar-refractivity contribution in [1.29, 1.82) is 0 Å². The number of fused-ring (bicyclic) bond motifs is 1. The molecule has 4 rings (SSSR count). The number of piperazine rings is 1. The van der Waals surface area contributed by atoms with Gasteiger partial charge in [0.25, 0.3) is 5.91 Å². The number of furan rings is 1. The van der Waals surface area contributed by atoms with Crippen LogP contribution in [0.2, 0.25) is 0 Å². The molecule has 2 fully saturated rings. The minimum absolute atomic E-state index is 0.0976. The van der Waals surface area contributed by atoms with Crippen LogP contribution in [0.1, 0.15) is 23.4 Å². The Labute approximate surface area is 147 Å². The molecule has 0 unspecified atom stereocenters. The van der Waals surface area contributed by atoms with Gasteiger partial charge in [-0.05, 0) is 57.2 Å². The first-order valence-electron chi connectivity index (χ1n) is 9.01. The van der Waals surface area contributed by atoms with E-state index in [1.165, 1.54) is 25.0 Å². The fourth-order valence-electron chi connectivity index (χ4n) is 3.93. The van der Waals surface area contributed by atoms with Gasteiger partial charge in [-0.2, -0.15) is 0 Å². The lowest BCUT2D eigenvalue weighted by molar-refractivity contribution is 0.0454. The number of halogens is 1. The molecule has 0 aliphatic carbocycles. The van der Waals surface area contributed by atoms with Crippen LogP contribution < -0.4 is 0 Å². The number of likely N-dealkylation sites (tertiary alicyclic amines) is 1. The molecule has 2 aromatic rings. The molecule has 0 bridgehead atoms. The number of amides is 1. The van der Waals surface area contributed by atoms with Gasteiger partial charge < -0.3 is 14.2 Å². The summed E-state index contributed by atoms with van der Waals surface area (Å²) in [7, 11) is 2.17. The Morgan fingerprint density at radius 2 is 1.80 bits per heavy atom. The summed E-state index contributed by atoms with van der Waals surface area (Å²) in [6.45, 7) is 5.57. The van der Waals surface area contributed by atoms with E-state index in [0.717, 1.165) is 39.3 Å². The fraction of sp³-hybridized carbons (Fsp3) is 0.526. The molecule has 6 heteroatoms. The van der Waals surface area contributed by atoms with Crippen molar-refractivity contribution in [2.45, 2.75) is 18.9 Å². The van der Waals surface area contributed by atoms with Crippen molar-refractivity contribution in [3.63, 3.8) is 0 Å². The molecule has 134 valence electrons. The molecular weight excluding hydrogens is 321 g/mol. The minimum Gasteiger partial charge on any atom is -0.451 e. The first-order chi connectivity index (χ1) is 12.1. The molecule has 1 aromatic heterocycles. The second-order valence-corrected chi connectivity index (χ2v) is 7.16. The average Bonchev–Trinajstić information content (AvgIpc) is 3.05. The van der Waals surface area contributed by atoms with Gasteiger partial charge in [-0.15, -0.1) is 0 Å². The number of hydrogen-bond acceptors (Lipinski definition) is 4. The molecule has 25 heavy (non-hydrogen) atoms. The Bertz CT molecular complexity index is 759. The first kappa shape index (κ1) is 16.5. The lowest BCUT2D eigenvalue weighted by Gasteiger charge is -2.42. The molecule has 1 amide bonds. The van der Waals surface area contributed by atoms with Crippen molar-refractivity contribution >= 4 is 16.9 Å². The largest absolute Gasteiger partial charge is 0.451 e. The summed E-state index contributed by atoms with van der Waals surface area (Å²) in [5.74, 6) is -0.119. The van der Waals surface area contributed by atoms with E-state index in [2.05, 4.69) is 16.8 Å². The number of carbonyl (C=O) groups is 1. The van der Waals surface area contributed by atoms with E-state index < -0.39 is 0 Å². The van der Waals surface area contributed by atoms with Crippen molar-refractivity contribution in [3.8, 4) is 0 Å². The lowest BCUT2D eigenvalue weighted by atomic mass is 10.0. The quantitative estimate of drug-likeness (QED) is 0.838. The molecule has 0 atom stereocenters. The number of nitrogens with zero attached hydrogens (tertiary/aromatic N) is 3. The number of rotatable bonds is 2. The van der Waals surface area contributed by atoms with Crippen LogP contribution >= 0.6 is 0 Å². The standard InChI is InChI=1S/C19H24FN3O2/c1-21-6-4-16(5-7-21)22-8-10-23(11-9-22)19(24)18-13-14-12-15(20)2-3-17(14)25-18/h2-3,12-13,16H,4-11H2,1H3. The molecule has 5 nitrogen and oxygen atoms in total. The Kier molecular flexibility index (Phi) is 4.48. The summed E-state index contributed by atoms with van der Waals surface area (Å²) < 4.78 is 18.9. The maximum absolute atomic E-state index is 13.3. The average molecular weight is 345 g/mol. The van der Waals surface area contributed by atoms with Gasteiger partial charge in [0.05, 0.1) is 0 Å². The van der Waals surface area contributed by atoms with Crippen molar-refractivity contribution < 1.29 is 13.6 Å². The van der Waals surface area contributed by atoms with Gasteiger partial charge in [0, 0.05) is 37.6 Å². The maximum atomic E-state index is 13.3. The second kappa shape index (κ2) is 6.77. The van der Waals surface area contributed by atoms with Crippen molar-refractivity contribution in [2.75, 3.05) is 46.3 Å². The highest BCUT2D eigenvalue weighted by molar-refractivity contribution is 5.96. The molecule has 0 saturated carbocycles. The van der Waals surface area contributed by atoms with Crippen LogP contribution in [0.5, 0.6) is 0 Å². The monoisotopic (exact) mass is 345 g/mol. The van der Waals surface area contributed by atoms with E-state index in [1.807, 2.05) is 4.90 Å². The third-order valence-electron chi connectivity index (χ3n) is 5.50. The number of benzene rings is 1. The topological polar surface area (TPSA) is 39.9 Å². The van der Waals surface area contributed by atoms with Gasteiger partial charge in [-0.3, -0.25) is 9.69 Å². The second-order valence-electron chi connectivity index (χ2n) is 7.16. The Balaban J connectivity index is 1.38. The van der Waals surface area contributed by atoms with Crippen LogP contribution in [0.15, 0.2) is 28.7 Å². The molecule has 2 saturated heterocycles. The van der Waals surface area contributed by atoms with Gasteiger partial charge in [-0.25, -0.2) is 4.39 Å². The SMILES string of the molecule is CN1CCC(N2CCN(C(=O)c3cc4cc(F)ccc4o3)CC2)CC1. The smallest absolute Gasteiger partial charge is 0.289 e. The maximum Gasteiger partial charge on any atom is 0.289 e. The summed E-state index contributed by atoms with van der Waals surface area (Å²) in [5.41, 5.74) is 0.551. The van der Waals surface area contributed by atoms with Crippen molar-refractivity contribution in [3.05, 3.63) is 35.8 Å². The van der Waals surface area contributed by atoms with Crippen LogP contribution in [0, 0.1) is 5.82 Å². The summed E-state index contributed by atoms with van der Waals surface area (Å²) in [5, 5.41) is 0.633. The lowest BCUT2D eigenvalue weighted by Crippen LogP contribution is -2.54. The predicted molar refractivity (Wildman–Crippen MR) is 94.2 cm³/mol. The van der Waals surface area contributed by atoms with Crippen LogP contribution in [-0.2, 0) is 0 Å². The zero-order chi connectivity index (χ0) is 17.4. The third kappa shape index (κ3) is 3.41. The normalized spacial score (nSPS) is 21.1. The number of hydrogen-bond donors (Lipinski definition) is 0. The van der Waals surface area contributed by atoms with Gasteiger partial charge in [-0.1, -0.05) is 0 Å². The summed E-state index contributed by atoms with van der Waals surface area (Å²) in [6.07, 6.45) is 2.42. The fourth-order valence-corrected chi connectivity index (χ4v) is 3.93. The third-order valence-corrected chi connectivity index (χ3v) is 5.50. The summed E-state index contributed by atoms with van der Waals surface area (Å²) in [4.78, 5) is 19.4. The van der Waals surface area contributed by atoms with Crippen LogP contribution in [0.4, 0.5) is 4.39 Å². The highest BCUT2D eigenvalue weighted by Gasteiger charge is 2.29. The molecule has 1 aromatic carbocycles. The van der Waals surface area contributed by atoms with E-state index >= 15 is 0 Å². The van der Waals surface area contributed by atoms with Gasteiger partial charge in [0.1, 0.15) is 11.4 Å². The molecule has 0 radical (unpaired) electrons. The highest BCUT2D eigenvalue weighted by Crippen LogP contribution is 2.23. The molecular formula is C19H24FN3O2. The Morgan fingerprint density at radius 1 is 1.08 bits per heavy atom.